The standard InChI is InChI=1S/C8H8N2O3S2/c1-13-5-2-7-6(10-4-5)3-8(14-7)15(9,11)12/h2-4H,1H3,(H2,9,11,12). The number of primary sulfonamides is 1. The molecule has 0 atom stereocenters. The molecule has 0 amide bonds. The summed E-state index contributed by atoms with van der Waals surface area (Å²) < 4.78 is 28.0. The largest absolute Gasteiger partial charge is 0.495 e. The zero-order chi connectivity index (χ0) is 11.1. The molecule has 5 nitrogen and oxygen atoms in total. The minimum Gasteiger partial charge on any atom is -0.495 e. The summed E-state index contributed by atoms with van der Waals surface area (Å²) in [5.41, 5.74) is 0.602. The molecule has 7 heteroatoms. The van der Waals surface area contributed by atoms with Crippen LogP contribution >= 0.6 is 11.3 Å². The highest BCUT2D eigenvalue weighted by molar-refractivity contribution is 7.91. The Morgan fingerprint density at radius 3 is 2.80 bits per heavy atom. The first-order valence-electron chi connectivity index (χ1n) is 3.97. The van der Waals surface area contributed by atoms with E-state index in [0.29, 0.717) is 11.3 Å². The lowest BCUT2D eigenvalue weighted by molar-refractivity contribution is 0.414. The average molecular weight is 244 g/mol. The van der Waals surface area contributed by atoms with Crippen LogP contribution in [0, 0.1) is 0 Å². The zero-order valence-electron chi connectivity index (χ0n) is 7.80. The third kappa shape index (κ3) is 1.94. The maximum Gasteiger partial charge on any atom is 0.247 e. The smallest absolute Gasteiger partial charge is 0.247 e. The molecule has 0 bridgehead atoms. The number of nitrogens with zero attached hydrogens (tertiary/aromatic N) is 1. The molecule has 0 saturated heterocycles. The maximum atomic E-state index is 11.1. The normalized spacial score (nSPS) is 11.9. The number of fused-ring (bicyclic) bond motifs is 1. The van der Waals surface area contributed by atoms with Gasteiger partial charge in [-0.15, -0.1) is 11.3 Å². The molecule has 15 heavy (non-hydrogen) atoms. The van der Waals surface area contributed by atoms with E-state index in [0.717, 1.165) is 16.0 Å². The Morgan fingerprint density at radius 2 is 2.20 bits per heavy atom. The number of hydrogen-bond acceptors (Lipinski definition) is 5. The number of aromatic nitrogens is 1. The molecule has 0 aliphatic carbocycles. The third-order valence-corrected chi connectivity index (χ3v) is 4.33. The van der Waals surface area contributed by atoms with Crippen molar-refractivity contribution in [2.45, 2.75) is 4.21 Å². The number of rotatable bonds is 2. The molecule has 0 spiro atoms. The van der Waals surface area contributed by atoms with Gasteiger partial charge in [0.2, 0.25) is 10.0 Å². The van der Waals surface area contributed by atoms with E-state index >= 15 is 0 Å². The highest BCUT2D eigenvalue weighted by atomic mass is 32.2. The lowest BCUT2D eigenvalue weighted by Gasteiger charge is -1.96. The number of ether oxygens (including phenoxy) is 1. The first kappa shape index (κ1) is 10.3. The molecular formula is C8H8N2O3S2. The van der Waals surface area contributed by atoms with Gasteiger partial charge in [-0.1, -0.05) is 0 Å². The van der Waals surface area contributed by atoms with Crippen LogP contribution in [-0.2, 0) is 10.0 Å². The molecule has 0 fully saturated rings. The number of thiophene rings is 1. The van der Waals surface area contributed by atoms with E-state index in [9.17, 15) is 8.42 Å². The van der Waals surface area contributed by atoms with E-state index < -0.39 is 10.0 Å². The van der Waals surface area contributed by atoms with Crippen molar-refractivity contribution >= 4 is 31.6 Å². The summed E-state index contributed by atoms with van der Waals surface area (Å²) in [5, 5.41) is 5.01. The van der Waals surface area contributed by atoms with E-state index in [1.807, 2.05) is 0 Å². The Hall–Kier alpha value is -1.18. The van der Waals surface area contributed by atoms with Gasteiger partial charge in [0.15, 0.2) is 0 Å². The van der Waals surface area contributed by atoms with Gasteiger partial charge in [0.1, 0.15) is 9.96 Å². The second-order valence-electron chi connectivity index (χ2n) is 2.87. The van der Waals surface area contributed by atoms with Gasteiger partial charge in [-0.3, -0.25) is 4.98 Å². The van der Waals surface area contributed by atoms with Crippen molar-refractivity contribution < 1.29 is 13.2 Å². The van der Waals surface area contributed by atoms with Gasteiger partial charge in [-0.05, 0) is 6.07 Å². The predicted octanol–water partition coefficient (Wildman–Crippen LogP) is 0.952. The molecular weight excluding hydrogens is 236 g/mol. The van der Waals surface area contributed by atoms with Crippen LogP contribution in [0.4, 0.5) is 0 Å². The molecule has 2 aromatic rings. The molecule has 0 aromatic carbocycles. The molecule has 2 N–H and O–H groups in total. The summed E-state index contributed by atoms with van der Waals surface area (Å²) in [6, 6.07) is 3.18. The molecule has 2 rings (SSSR count). The predicted molar refractivity (Wildman–Crippen MR) is 57.5 cm³/mol. The summed E-state index contributed by atoms with van der Waals surface area (Å²) in [6.45, 7) is 0. The monoisotopic (exact) mass is 244 g/mol. The summed E-state index contributed by atoms with van der Waals surface area (Å²) in [5.74, 6) is 0.588. The van der Waals surface area contributed by atoms with Crippen LogP contribution in [0.3, 0.4) is 0 Å². The molecule has 2 aromatic heterocycles. The van der Waals surface area contributed by atoms with E-state index in [4.69, 9.17) is 9.88 Å². The van der Waals surface area contributed by atoms with E-state index in [1.54, 1.807) is 6.07 Å². The maximum absolute atomic E-state index is 11.1. The number of sulfonamides is 1. The molecule has 2 heterocycles. The van der Waals surface area contributed by atoms with E-state index in [-0.39, 0.29) is 4.21 Å². The topological polar surface area (TPSA) is 82.3 Å². The van der Waals surface area contributed by atoms with Crippen LogP contribution in [0.25, 0.3) is 10.2 Å². The molecule has 0 radical (unpaired) electrons. The summed E-state index contributed by atoms with van der Waals surface area (Å²) in [7, 11) is -2.12. The van der Waals surface area contributed by atoms with Crippen LogP contribution in [-0.4, -0.2) is 20.5 Å². The minimum absolute atomic E-state index is 0.109. The highest BCUT2D eigenvalue weighted by Gasteiger charge is 2.13. The number of hydrogen-bond donors (Lipinski definition) is 1. The van der Waals surface area contributed by atoms with Crippen LogP contribution in [0.1, 0.15) is 0 Å². The van der Waals surface area contributed by atoms with Gasteiger partial charge in [-0.25, -0.2) is 13.6 Å². The fraction of sp³-hybridized carbons (Fsp3) is 0.125. The number of methoxy groups -OCH3 is 1. The second kappa shape index (κ2) is 3.44. The fourth-order valence-corrected chi connectivity index (χ4v) is 2.92. The van der Waals surface area contributed by atoms with Crippen LogP contribution in [0.2, 0.25) is 0 Å². The third-order valence-electron chi connectivity index (χ3n) is 1.84. The lowest BCUT2D eigenvalue weighted by atomic mass is 10.4. The minimum atomic E-state index is -3.65. The Morgan fingerprint density at radius 1 is 1.47 bits per heavy atom. The summed E-state index contributed by atoms with van der Waals surface area (Å²) in [4.78, 5) is 4.05. The zero-order valence-corrected chi connectivity index (χ0v) is 9.43. The first-order chi connectivity index (χ1) is 7.00. The van der Waals surface area contributed by atoms with Gasteiger partial charge < -0.3 is 4.74 Å². The Bertz CT molecular complexity index is 603. The van der Waals surface area contributed by atoms with Crippen LogP contribution in [0.15, 0.2) is 22.5 Å². The number of pyridine rings is 1. The van der Waals surface area contributed by atoms with Crippen molar-refractivity contribution in [2.24, 2.45) is 5.14 Å². The van der Waals surface area contributed by atoms with Crippen molar-refractivity contribution in [3.05, 3.63) is 18.3 Å². The van der Waals surface area contributed by atoms with Crippen molar-refractivity contribution in [2.75, 3.05) is 7.11 Å². The quantitative estimate of drug-likeness (QED) is 0.852. The van der Waals surface area contributed by atoms with E-state index in [2.05, 4.69) is 4.98 Å². The second-order valence-corrected chi connectivity index (χ2v) is 5.74. The first-order valence-corrected chi connectivity index (χ1v) is 6.33. The highest BCUT2D eigenvalue weighted by Crippen LogP contribution is 2.29. The Kier molecular flexibility index (Phi) is 2.37. The van der Waals surface area contributed by atoms with Gasteiger partial charge in [0.05, 0.1) is 23.5 Å². The SMILES string of the molecule is COc1cnc2cc(S(N)(=O)=O)sc2c1. The van der Waals surface area contributed by atoms with Crippen molar-refractivity contribution in [1.29, 1.82) is 0 Å². The van der Waals surface area contributed by atoms with Crippen molar-refractivity contribution in [1.82, 2.24) is 4.98 Å². The van der Waals surface area contributed by atoms with Crippen molar-refractivity contribution in [3.8, 4) is 5.75 Å². The van der Waals surface area contributed by atoms with Crippen LogP contribution < -0.4 is 9.88 Å². The van der Waals surface area contributed by atoms with Gasteiger partial charge in [-0.2, -0.15) is 0 Å². The summed E-state index contributed by atoms with van der Waals surface area (Å²) in [6.07, 6.45) is 1.53. The molecule has 0 aliphatic rings. The molecule has 80 valence electrons. The average Bonchev–Trinajstić information content (AvgIpc) is 2.59. The van der Waals surface area contributed by atoms with Crippen molar-refractivity contribution in [3.63, 3.8) is 0 Å². The van der Waals surface area contributed by atoms with Gasteiger partial charge in [0, 0.05) is 6.07 Å². The van der Waals surface area contributed by atoms with Gasteiger partial charge >= 0.3 is 0 Å². The van der Waals surface area contributed by atoms with Gasteiger partial charge in [0.25, 0.3) is 0 Å². The van der Waals surface area contributed by atoms with E-state index in [1.165, 1.54) is 19.4 Å². The Balaban J connectivity index is 2.66. The lowest BCUT2D eigenvalue weighted by Crippen LogP contribution is -2.09. The molecule has 0 saturated carbocycles. The number of nitrogens with two attached hydrogens (primary N) is 1. The molecule has 0 aliphatic heterocycles. The summed E-state index contributed by atoms with van der Waals surface area (Å²) >= 11 is 1.08. The fourth-order valence-electron chi connectivity index (χ4n) is 1.13. The van der Waals surface area contributed by atoms with Crippen LogP contribution in [0.5, 0.6) is 5.75 Å². The Labute approximate surface area is 90.6 Å². The molecule has 0 unspecified atom stereocenters.